The fourth-order valence-corrected chi connectivity index (χ4v) is 18.3. The van der Waals surface area contributed by atoms with Gasteiger partial charge in [-0.3, -0.25) is 0 Å². The molecule has 0 fully saturated rings. The zero-order valence-electron chi connectivity index (χ0n) is 10.1. The summed E-state index contributed by atoms with van der Waals surface area (Å²) in [5.74, 6) is 0.179. The average Bonchev–Trinajstić information content (AvgIpc) is 1.75. The van der Waals surface area contributed by atoms with Gasteiger partial charge in [-0.25, -0.2) is 13.6 Å². The second kappa shape index (κ2) is 4.07. The number of hydrogen-bond donors (Lipinski definition) is 1. The number of rotatable bonds is 4. The molecule has 2 N–H and O–H groups in total. The Morgan fingerprint density at radius 1 is 1.00 bits per heavy atom. The van der Waals surface area contributed by atoms with Gasteiger partial charge in [0.05, 0.1) is 5.75 Å². The van der Waals surface area contributed by atoms with E-state index in [1.165, 1.54) is 0 Å². The summed E-state index contributed by atoms with van der Waals surface area (Å²) >= 11 is 0. The Balaban J connectivity index is 4.97. The van der Waals surface area contributed by atoms with Crippen LogP contribution >= 0.6 is 0 Å². The Kier molecular flexibility index (Phi) is 4.17. The highest BCUT2D eigenvalue weighted by Crippen LogP contribution is 2.32. The molecule has 86 valence electrons. The molecule has 0 spiro atoms. The highest BCUT2D eigenvalue weighted by molar-refractivity contribution is 7.89. The van der Waals surface area contributed by atoms with Crippen molar-refractivity contribution in [1.82, 2.24) is 0 Å². The molecule has 0 saturated heterocycles. The van der Waals surface area contributed by atoms with Crippen LogP contribution in [0.1, 0.15) is 0 Å². The Morgan fingerprint density at radius 3 is 1.36 bits per heavy atom. The zero-order valence-corrected chi connectivity index (χ0v) is 12.9. The van der Waals surface area contributed by atoms with Crippen LogP contribution in [0.4, 0.5) is 0 Å². The molecule has 0 bridgehead atoms. The van der Waals surface area contributed by atoms with Gasteiger partial charge in [-0.15, -0.1) is 0 Å². The van der Waals surface area contributed by atoms with Crippen LogP contribution in [0.2, 0.25) is 44.4 Å². The fraction of sp³-hybridized carbons (Fsp3) is 1.00. The topological polar surface area (TPSA) is 60.2 Å². The normalized spacial score (nSPS) is 14.9. The van der Waals surface area contributed by atoms with Gasteiger partial charge in [0.2, 0.25) is 10.0 Å². The minimum absolute atomic E-state index is 0.179. The van der Waals surface area contributed by atoms with Gasteiger partial charge >= 0.3 is 0 Å². The Labute approximate surface area is 90.2 Å². The van der Waals surface area contributed by atoms with Gasteiger partial charge in [-0.05, 0) is 5.16 Å². The second-order valence-electron chi connectivity index (χ2n) is 6.11. The molecule has 3 nitrogen and oxygen atoms in total. The third kappa shape index (κ3) is 5.28. The number of primary sulfonamides is 1. The molecule has 0 aromatic carbocycles. The lowest BCUT2D eigenvalue weighted by Crippen LogP contribution is -2.48. The van der Waals surface area contributed by atoms with E-state index in [0.29, 0.717) is 5.16 Å². The molecule has 0 unspecified atom stereocenters. The van der Waals surface area contributed by atoms with Crippen molar-refractivity contribution in [3.8, 4) is 0 Å². The van der Waals surface area contributed by atoms with Crippen LogP contribution in [0, 0.1) is 0 Å². The first-order chi connectivity index (χ1) is 5.84. The van der Waals surface area contributed by atoms with E-state index in [2.05, 4.69) is 39.3 Å². The molecule has 0 aromatic rings. The van der Waals surface area contributed by atoms with Gasteiger partial charge in [0.15, 0.2) is 0 Å². The van der Waals surface area contributed by atoms with E-state index in [9.17, 15) is 8.42 Å². The smallest absolute Gasteiger partial charge is 0.208 e. The molecule has 0 rings (SSSR count). The third-order valence-electron chi connectivity index (χ3n) is 2.49. The van der Waals surface area contributed by atoms with Gasteiger partial charge in [0.1, 0.15) is 0 Å². The summed E-state index contributed by atoms with van der Waals surface area (Å²) in [6, 6.07) is 0. The van der Waals surface area contributed by atoms with Crippen LogP contribution in [0.3, 0.4) is 0 Å². The van der Waals surface area contributed by atoms with Crippen LogP contribution in [0.15, 0.2) is 0 Å². The lowest BCUT2D eigenvalue weighted by atomic mass is 10.9. The molecule has 0 aliphatic carbocycles. The molecule has 0 amide bonds. The quantitative estimate of drug-likeness (QED) is 0.778. The van der Waals surface area contributed by atoms with Gasteiger partial charge in [0.25, 0.3) is 0 Å². The summed E-state index contributed by atoms with van der Waals surface area (Å²) in [7, 11) is -6.18. The van der Waals surface area contributed by atoms with E-state index in [1.54, 1.807) is 0 Å². The van der Waals surface area contributed by atoms with E-state index >= 15 is 0 Å². The molecule has 0 radical (unpaired) electrons. The molecule has 0 heterocycles. The summed E-state index contributed by atoms with van der Waals surface area (Å²) < 4.78 is 22.3. The predicted molar refractivity (Wildman–Crippen MR) is 68.4 cm³/mol. The summed E-state index contributed by atoms with van der Waals surface area (Å²) in [5, 5.41) is 5.48. The summed E-state index contributed by atoms with van der Waals surface area (Å²) in [6.07, 6.45) is 0. The lowest BCUT2D eigenvalue weighted by molar-refractivity contribution is 0.597. The summed E-state index contributed by atoms with van der Waals surface area (Å²) in [4.78, 5) is 0. The summed E-state index contributed by atoms with van der Waals surface area (Å²) in [5.41, 5.74) is 0. The molecule has 14 heavy (non-hydrogen) atoms. The molecule has 0 aliphatic heterocycles. The molecular formula is C8H23NO2SSi2. The predicted octanol–water partition coefficient (Wildman–Crippen LogP) is 1.86. The van der Waals surface area contributed by atoms with Crippen LogP contribution in [-0.4, -0.2) is 30.3 Å². The highest BCUT2D eigenvalue weighted by Gasteiger charge is 2.39. The van der Waals surface area contributed by atoms with Gasteiger partial charge in [-0.2, -0.15) is 0 Å². The standard InChI is InChI=1S/C8H23NO2SSi2/c1-13(2,3)8(14(4,5)6)7-12(9,10)11/h8H,7H2,1-6H3,(H2,9,10,11). The Hall–Kier alpha value is 0.344. The average molecular weight is 254 g/mol. The van der Waals surface area contributed by atoms with Crippen LogP contribution in [0.5, 0.6) is 0 Å². The van der Waals surface area contributed by atoms with Crippen molar-refractivity contribution < 1.29 is 8.42 Å². The minimum atomic E-state index is -3.32. The van der Waals surface area contributed by atoms with E-state index in [-0.39, 0.29) is 5.75 Å². The van der Waals surface area contributed by atoms with Crippen molar-refractivity contribution in [1.29, 1.82) is 0 Å². The van der Waals surface area contributed by atoms with E-state index in [1.807, 2.05) is 0 Å². The second-order valence-corrected chi connectivity index (χ2v) is 19.2. The van der Waals surface area contributed by atoms with Crippen LogP contribution in [0.25, 0.3) is 0 Å². The van der Waals surface area contributed by atoms with Crippen molar-refractivity contribution in [2.24, 2.45) is 5.14 Å². The molecular weight excluding hydrogens is 230 g/mol. The number of sulfonamides is 1. The maximum absolute atomic E-state index is 11.2. The monoisotopic (exact) mass is 253 g/mol. The number of nitrogens with two attached hydrogens (primary N) is 1. The van der Waals surface area contributed by atoms with Crippen molar-refractivity contribution in [2.75, 3.05) is 5.75 Å². The van der Waals surface area contributed by atoms with E-state index < -0.39 is 26.2 Å². The number of hydrogen-bond acceptors (Lipinski definition) is 2. The first-order valence-corrected chi connectivity index (χ1v) is 13.7. The minimum Gasteiger partial charge on any atom is -0.229 e. The third-order valence-corrected chi connectivity index (χ3v) is 13.7. The first-order valence-electron chi connectivity index (χ1n) is 4.84. The molecule has 0 atom stereocenters. The molecule has 0 aromatic heterocycles. The maximum Gasteiger partial charge on any atom is 0.208 e. The van der Waals surface area contributed by atoms with Crippen molar-refractivity contribution in [3.63, 3.8) is 0 Å². The Morgan fingerprint density at radius 2 is 1.29 bits per heavy atom. The van der Waals surface area contributed by atoms with Crippen LogP contribution in [-0.2, 0) is 10.0 Å². The van der Waals surface area contributed by atoms with Crippen molar-refractivity contribution in [3.05, 3.63) is 0 Å². The van der Waals surface area contributed by atoms with Gasteiger partial charge in [0, 0.05) is 16.1 Å². The van der Waals surface area contributed by atoms with E-state index in [0.717, 1.165) is 0 Å². The van der Waals surface area contributed by atoms with Crippen molar-refractivity contribution in [2.45, 2.75) is 44.4 Å². The largest absolute Gasteiger partial charge is 0.229 e. The molecule has 6 heteroatoms. The maximum atomic E-state index is 11.2. The van der Waals surface area contributed by atoms with E-state index in [4.69, 9.17) is 5.14 Å². The van der Waals surface area contributed by atoms with Crippen molar-refractivity contribution >= 4 is 26.2 Å². The molecule has 0 saturated carbocycles. The zero-order chi connectivity index (χ0) is 11.8. The lowest BCUT2D eigenvalue weighted by Gasteiger charge is -2.37. The molecule has 0 aliphatic rings. The SMILES string of the molecule is C[Si](C)(C)C(CS(N)(=O)=O)[Si](C)(C)C. The first kappa shape index (κ1) is 14.3. The summed E-state index contributed by atoms with van der Waals surface area (Å²) in [6.45, 7) is 13.3. The van der Waals surface area contributed by atoms with Gasteiger partial charge in [-0.1, -0.05) is 39.3 Å². The van der Waals surface area contributed by atoms with Gasteiger partial charge < -0.3 is 0 Å². The Bertz CT molecular complexity index is 273. The fourth-order valence-electron chi connectivity index (χ4n) is 2.03. The van der Waals surface area contributed by atoms with Crippen LogP contribution < -0.4 is 5.14 Å². The highest BCUT2D eigenvalue weighted by atomic mass is 32.2.